The van der Waals surface area contributed by atoms with Gasteiger partial charge in [-0.2, -0.15) is 0 Å². The Morgan fingerprint density at radius 2 is 1.89 bits per heavy atom. The highest BCUT2D eigenvalue weighted by molar-refractivity contribution is 5.23. The first-order chi connectivity index (χ1) is 8.70. The predicted molar refractivity (Wildman–Crippen MR) is 71.4 cm³/mol. The van der Waals surface area contributed by atoms with Crippen molar-refractivity contribution in [3.05, 3.63) is 48.1 Å². The molecule has 0 aliphatic heterocycles. The summed E-state index contributed by atoms with van der Waals surface area (Å²) in [5.41, 5.74) is 0.156. The molecule has 0 amide bonds. The number of hydrogen-bond donors (Lipinski definition) is 1. The van der Waals surface area contributed by atoms with Crippen molar-refractivity contribution in [2.24, 2.45) is 0 Å². The van der Waals surface area contributed by atoms with Crippen LogP contribution in [0.1, 0.15) is 43.7 Å². The lowest BCUT2D eigenvalue weighted by atomic mass is 9.99. The number of halogens is 2. The molecule has 18 heavy (non-hydrogen) atoms. The molecule has 0 aliphatic rings. The smallest absolute Gasteiger partial charge is 0.130 e. The van der Waals surface area contributed by atoms with E-state index in [2.05, 4.69) is 11.9 Å². The molecule has 0 saturated heterocycles. The molecule has 1 N–H and O–H groups in total. The van der Waals surface area contributed by atoms with Gasteiger partial charge in [0.15, 0.2) is 0 Å². The molecule has 0 radical (unpaired) electrons. The molecule has 1 nitrogen and oxygen atoms in total. The van der Waals surface area contributed by atoms with Gasteiger partial charge < -0.3 is 5.32 Å². The summed E-state index contributed by atoms with van der Waals surface area (Å²) in [6.07, 6.45) is 6.73. The van der Waals surface area contributed by atoms with Crippen LogP contribution in [-0.4, -0.2) is 7.05 Å². The van der Waals surface area contributed by atoms with Crippen LogP contribution >= 0.6 is 0 Å². The van der Waals surface area contributed by atoms with Crippen LogP contribution in [0.4, 0.5) is 8.78 Å². The molecule has 1 aromatic rings. The molecule has 100 valence electrons. The van der Waals surface area contributed by atoms with Gasteiger partial charge in [0.25, 0.3) is 0 Å². The minimum absolute atomic E-state index is 0.156. The molecule has 0 fully saturated rings. The van der Waals surface area contributed by atoms with Crippen LogP contribution in [0.25, 0.3) is 0 Å². The fourth-order valence-corrected chi connectivity index (χ4v) is 2.09. The third kappa shape index (κ3) is 4.22. The normalized spacial score (nSPS) is 12.4. The zero-order chi connectivity index (χ0) is 13.4. The topological polar surface area (TPSA) is 12.0 Å². The van der Waals surface area contributed by atoms with Gasteiger partial charge in [-0.25, -0.2) is 8.78 Å². The van der Waals surface area contributed by atoms with Crippen molar-refractivity contribution in [1.82, 2.24) is 5.32 Å². The van der Waals surface area contributed by atoms with Gasteiger partial charge in [-0.05, 0) is 38.4 Å². The number of nitrogens with one attached hydrogen (secondary N) is 1. The van der Waals surface area contributed by atoms with Gasteiger partial charge in [0, 0.05) is 11.6 Å². The third-order valence-electron chi connectivity index (χ3n) is 3.10. The molecule has 1 rings (SSSR count). The first-order valence-corrected chi connectivity index (χ1v) is 6.42. The molecule has 0 aliphatic carbocycles. The maximum Gasteiger partial charge on any atom is 0.130 e. The monoisotopic (exact) mass is 253 g/mol. The third-order valence-corrected chi connectivity index (χ3v) is 3.10. The molecule has 0 saturated carbocycles. The first kappa shape index (κ1) is 14.8. The summed E-state index contributed by atoms with van der Waals surface area (Å²) >= 11 is 0. The highest BCUT2D eigenvalue weighted by Crippen LogP contribution is 2.25. The highest BCUT2D eigenvalue weighted by atomic mass is 19.1. The minimum atomic E-state index is -0.472. The Kier molecular flexibility index (Phi) is 6.58. The number of hydrogen-bond acceptors (Lipinski definition) is 1. The van der Waals surface area contributed by atoms with E-state index in [0.29, 0.717) is 0 Å². The fraction of sp³-hybridized carbons (Fsp3) is 0.467. The summed E-state index contributed by atoms with van der Waals surface area (Å²) < 4.78 is 27.2. The van der Waals surface area contributed by atoms with E-state index in [4.69, 9.17) is 0 Å². The highest BCUT2D eigenvalue weighted by Gasteiger charge is 2.17. The molecule has 0 aromatic heterocycles. The van der Waals surface area contributed by atoms with Crippen LogP contribution in [0.5, 0.6) is 0 Å². The summed E-state index contributed by atoms with van der Waals surface area (Å²) in [5, 5.41) is 2.99. The fourth-order valence-electron chi connectivity index (χ4n) is 2.09. The molecular weight excluding hydrogens is 232 g/mol. The Bertz CT molecular complexity index is 357. The summed E-state index contributed by atoms with van der Waals surface area (Å²) in [5.74, 6) is -0.944. The SMILES string of the molecule is C=CCCCCCC(NC)c1c(F)cccc1F. The van der Waals surface area contributed by atoms with Gasteiger partial charge in [-0.1, -0.05) is 25.0 Å². The average Bonchev–Trinajstić information content (AvgIpc) is 2.36. The molecule has 0 heterocycles. The van der Waals surface area contributed by atoms with Crippen molar-refractivity contribution >= 4 is 0 Å². The second kappa shape index (κ2) is 7.98. The number of allylic oxidation sites excluding steroid dienone is 1. The summed E-state index contributed by atoms with van der Waals surface area (Å²) in [4.78, 5) is 0. The van der Waals surface area contributed by atoms with Crippen molar-refractivity contribution in [3.63, 3.8) is 0 Å². The van der Waals surface area contributed by atoms with E-state index < -0.39 is 11.6 Å². The number of unbranched alkanes of at least 4 members (excludes halogenated alkanes) is 3. The van der Waals surface area contributed by atoms with Gasteiger partial charge in [0.05, 0.1) is 0 Å². The zero-order valence-corrected chi connectivity index (χ0v) is 10.9. The van der Waals surface area contributed by atoms with E-state index in [-0.39, 0.29) is 11.6 Å². The Morgan fingerprint density at radius 3 is 2.44 bits per heavy atom. The quantitative estimate of drug-likeness (QED) is 0.536. The van der Waals surface area contributed by atoms with Crippen LogP contribution in [-0.2, 0) is 0 Å². The van der Waals surface area contributed by atoms with E-state index in [9.17, 15) is 8.78 Å². The van der Waals surface area contributed by atoms with Crippen LogP contribution in [0.2, 0.25) is 0 Å². The Balaban J connectivity index is 2.57. The molecule has 0 spiro atoms. The molecule has 1 atom stereocenters. The Hall–Kier alpha value is -1.22. The van der Waals surface area contributed by atoms with Gasteiger partial charge in [-0.3, -0.25) is 0 Å². The summed E-state index contributed by atoms with van der Waals surface area (Å²) in [7, 11) is 1.74. The first-order valence-electron chi connectivity index (χ1n) is 6.42. The maximum atomic E-state index is 13.6. The van der Waals surface area contributed by atoms with Crippen LogP contribution in [0.15, 0.2) is 30.9 Å². The summed E-state index contributed by atoms with van der Waals surface area (Å²) in [6, 6.07) is 3.75. The lowest BCUT2D eigenvalue weighted by Gasteiger charge is -2.17. The lowest BCUT2D eigenvalue weighted by molar-refractivity contribution is 0.454. The molecule has 0 bridgehead atoms. The second-order valence-electron chi connectivity index (χ2n) is 4.40. The number of rotatable bonds is 8. The Morgan fingerprint density at radius 1 is 1.22 bits per heavy atom. The molecule has 1 aromatic carbocycles. The second-order valence-corrected chi connectivity index (χ2v) is 4.40. The molecule has 3 heteroatoms. The van der Waals surface area contributed by atoms with Crippen molar-refractivity contribution in [1.29, 1.82) is 0 Å². The lowest BCUT2D eigenvalue weighted by Crippen LogP contribution is -2.19. The van der Waals surface area contributed by atoms with Crippen molar-refractivity contribution < 1.29 is 8.78 Å². The van der Waals surface area contributed by atoms with E-state index in [1.807, 2.05) is 6.08 Å². The van der Waals surface area contributed by atoms with Crippen molar-refractivity contribution in [3.8, 4) is 0 Å². The Labute approximate surface area is 108 Å². The largest absolute Gasteiger partial charge is 0.313 e. The van der Waals surface area contributed by atoms with Crippen LogP contribution in [0.3, 0.4) is 0 Å². The minimum Gasteiger partial charge on any atom is -0.313 e. The predicted octanol–water partition coefficient (Wildman–Crippen LogP) is 4.36. The zero-order valence-electron chi connectivity index (χ0n) is 10.9. The maximum absolute atomic E-state index is 13.6. The van der Waals surface area contributed by atoms with Gasteiger partial charge in [-0.15, -0.1) is 6.58 Å². The van der Waals surface area contributed by atoms with E-state index in [1.165, 1.54) is 18.2 Å². The average molecular weight is 253 g/mol. The van der Waals surface area contributed by atoms with Gasteiger partial charge >= 0.3 is 0 Å². The standard InChI is InChI=1S/C15H21F2N/c1-3-4-5-6-7-11-14(18-2)15-12(16)9-8-10-13(15)17/h3,8-10,14,18H,1,4-7,11H2,2H3. The summed E-state index contributed by atoms with van der Waals surface area (Å²) in [6.45, 7) is 3.67. The van der Waals surface area contributed by atoms with E-state index in [1.54, 1.807) is 7.05 Å². The number of benzene rings is 1. The van der Waals surface area contributed by atoms with Gasteiger partial charge in [0.1, 0.15) is 11.6 Å². The van der Waals surface area contributed by atoms with Crippen molar-refractivity contribution in [2.75, 3.05) is 7.05 Å². The van der Waals surface area contributed by atoms with Gasteiger partial charge in [0.2, 0.25) is 0 Å². The van der Waals surface area contributed by atoms with Crippen LogP contribution < -0.4 is 5.32 Å². The molecule has 1 unspecified atom stereocenters. The van der Waals surface area contributed by atoms with E-state index in [0.717, 1.165) is 32.1 Å². The van der Waals surface area contributed by atoms with Crippen LogP contribution in [0, 0.1) is 11.6 Å². The van der Waals surface area contributed by atoms with Crippen molar-refractivity contribution in [2.45, 2.75) is 38.1 Å². The van der Waals surface area contributed by atoms with E-state index >= 15 is 0 Å². The molecular formula is C15H21F2N.